The van der Waals surface area contributed by atoms with E-state index in [9.17, 15) is 4.79 Å². The van der Waals surface area contributed by atoms with Gasteiger partial charge < -0.3 is 9.64 Å². The monoisotopic (exact) mass is 219 g/mol. The fraction of sp³-hybridized carbons (Fsp3) is 0.900. The van der Waals surface area contributed by atoms with Crippen LogP contribution < -0.4 is 0 Å². The van der Waals surface area contributed by atoms with Crippen molar-refractivity contribution in [3.8, 4) is 0 Å². The first kappa shape index (κ1) is 11.8. The van der Waals surface area contributed by atoms with Crippen LogP contribution in [0.2, 0.25) is 0 Å². The molecule has 3 atom stereocenters. The van der Waals surface area contributed by atoms with E-state index in [1.54, 1.807) is 4.90 Å². The van der Waals surface area contributed by atoms with Gasteiger partial charge in [-0.1, -0.05) is 6.92 Å². The first-order valence-electron chi connectivity index (χ1n) is 5.13. The number of ether oxygens (including phenoxy) is 1. The third-order valence-electron chi connectivity index (χ3n) is 2.36. The SMILES string of the molecule is CC[C@H](Cl)C(=O)N1C[C@@H](C)O[C@@H](C)C1. The lowest BCUT2D eigenvalue weighted by atomic mass is 10.2. The molecule has 0 spiro atoms. The van der Waals surface area contributed by atoms with E-state index >= 15 is 0 Å². The number of morpholine rings is 1. The highest BCUT2D eigenvalue weighted by atomic mass is 35.5. The number of alkyl halides is 1. The fourth-order valence-electron chi connectivity index (χ4n) is 1.73. The summed E-state index contributed by atoms with van der Waals surface area (Å²) in [5, 5.41) is -0.382. The molecule has 0 radical (unpaired) electrons. The average Bonchev–Trinajstić information content (AvgIpc) is 2.14. The zero-order valence-corrected chi connectivity index (χ0v) is 9.75. The molecule has 0 unspecified atom stereocenters. The van der Waals surface area contributed by atoms with Gasteiger partial charge in [-0.2, -0.15) is 0 Å². The maximum absolute atomic E-state index is 11.8. The molecule has 1 fully saturated rings. The minimum Gasteiger partial charge on any atom is -0.372 e. The van der Waals surface area contributed by atoms with Crippen LogP contribution >= 0.6 is 11.6 Å². The van der Waals surface area contributed by atoms with Gasteiger partial charge in [-0.05, 0) is 20.3 Å². The summed E-state index contributed by atoms with van der Waals surface area (Å²) in [4.78, 5) is 13.6. The molecule has 0 bridgehead atoms. The van der Waals surface area contributed by atoms with Crippen LogP contribution in [0.4, 0.5) is 0 Å². The number of hydrogen-bond donors (Lipinski definition) is 0. The number of carbonyl (C=O) groups is 1. The van der Waals surface area contributed by atoms with Crippen LogP contribution in [-0.2, 0) is 9.53 Å². The second-order valence-corrected chi connectivity index (χ2v) is 4.40. The van der Waals surface area contributed by atoms with E-state index in [-0.39, 0.29) is 23.5 Å². The molecule has 1 saturated heterocycles. The van der Waals surface area contributed by atoms with E-state index in [2.05, 4.69) is 0 Å². The van der Waals surface area contributed by atoms with E-state index in [1.165, 1.54) is 0 Å². The maximum Gasteiger partial charge on any atom is 0.240 e. The largest absolute Gasteiger partial charge is 0.372 e. The first-order valence-corrected chi connectivity index (χ1v) is 5.56. The van der Waals surface area contributed by atoms with Crippen molar-refractivity contribution in [2.45, 2.75) is 44.8 Å². The van der Waals surface area contributed by atoms with Crippen molar-refractivity contribution in [1.82, 2.24) is 4.90 Å². The standard InChI is InChI=1S/C10H18ClNO2/c1-4-9(11)10(13)12-5-7(2)14-8(3)6-12/h7-9H,4-6H2,1-3H3/t7-,8+,9-/m0/s1. The lowest BCUT2D eigenvalue weighted by molar-refractivity contribution is -0.142. The summed E-state index contributed by atoms with van der Waals surface area (Å²) in [5.41, 5.74) is 0. The third-order valence-corrected chi connectivity index (χ3v) is 2.85. The molecule has 4 heteroatoms. The van der Waals surface area contributed by atoms with Crippen molar-refractivity contribution in [1.29, 1.82) is 0 Å². The number of hydrogen-bond acceptors (Lipinski definition) is 2. The van der Waals surface area contributed by atoms with Crippen molar-refractivity contribution in [2.24, 2.45) is 0 Å². The summed E-state index contributed by atoms with van der Waals surface area (Å²) in [6.45, 7) is 7.19. The first-order chi connectivity index (χ1) is 6.54. The highest BCUT2D eigenvalue weighted by Crippen LogP contribution is 2.14. The van der Waals surface area contributed by atoms with Gasteiger partial charge in [0.05, 0.1) is 12.2 Å². The second-order valence-electron chi connectivity index (χ2n) is 3.88. The smallest absolute Gasteiger partial charge is 0.240 e. The summed E-state index contributed by atoms with van der Waals surface area (Å²) in [6.07, 6.45) is 0.910. The summed E-state index contributed by atoms with van der Waals surface area (Å²) in [5.74, 6) is 0.0381. The normalized spacial score (nSPS) is 30.1. The Morgan fingerprint density at radius 3 is 2.43 bits per heavy atom. The summed E-state index contributed by atoms with van der Waals surface area (Å²) >= 11 is 5.91. The molecular weight excluding hydrogens is 202 g/mol. The Morgan fingerprint density at radius 1 is 1.50 bits per heavy atom. The van der Waals surface area contributed by atoms with E-state index in [0.717, 1.165) is 0 Å². The highest BCUT2D eigenvalue weighted by molar-refractivity contribution is 6.30. The molecule has 0 aromatic carbocycles. The van der Waals surface area contributed by atoms with Crippen molar-refractivity contribution >= 4 is 17.5 Å². The van der Waals surface area contributed by atoms with Crippen LogP contribution in [0.3, 0.4) is 0 Å². The van der Waals surface area contributed by atoms with Crippen molar-refractivity contribution in [2.75, 3.05) is 13.1 Å². The molecule has 0 N–H and O–H groups in total. The Hall–Kier alpha value is -0.280. The Kier molecular flexibility index (Phi) is 4.20. The Bertz CT molecular complexity index is 200. The molecule has 1 rings (SSSR count). The van der Waals surface area contributed by atoms with Crippen LogP contribution in [0, 0.1) is 0 Å². The fourth-order valence-corrected chi connectivity index (χ4v) is 1.87. The van der Waals surface area contributed by atoms with Crippen molar-refractivity contribution < 1.29 is 9.53 Å². The molecule has 3 nitrogen and oxygen atoms in total. The molecule has 1 heterocycles. The molecule has 0 saturated carbocycles. The molecule has 1 aliphatic rings. The van der Waals surface area contributed by atoms with E-state index < -0.39 is 0 Å². The van der Waals surface area contributed by atoms with E-state index in [4.69, 9.17) is 16.3 Å². The Balaban J connectivity index is 2.54. The Labute approximate surface area is 90.4 Å². The molecule has 0 aromatic rings. The summed E-state index contributed by atoms with van der Waals surface area (Å²) in [6, 6.07) is 0. The van der Waals surface area contributed by atoms with Crippen molar-refractivity contribution in [3.05, 3.63) is 0 Å². The second kappa shape index (κ2) is 4.99. The minimum atomic E-state index is -0.382. The van der Waals surface area contributed by atoms with Gasteiger partial charge in [-0.25, -0.2) is 0 Å². The molecule has 0 aromatic heterocycles. The predicted octanol–water partition coefficient (Wildman–Crippen LogP) is 1.64. The minimum absolute atomic E-state index is 0.0381. The van der Waals surface area contributed by atoms with Crippen LogP contribution in [0.15, 0.2) is 0 Å². The van der Waals surface area contributed by atoms with Gasteiger partial charge in [0.2, 0.25) is 5.91 Å². The zero-order valence-electron chi connectivity index (χ0n) is 9.00. The Morgan fingerprint density at radius 2 is 2.00 bits per heavy atom. The van der Waals surface area contributed by atoms with Crippen LogP contribution in [0.5, 0.6) is 0 Å². The van der Waals surface area contributed by atoms with Crippen LogP contribution in [-0.4, -0.2) is 41.5 Å². The van der Waals surface area contributed by atoms with Gasteiger partial charge in [0, 0.05) is 13.1 Å². The number of carbonyl (C=O) groups excluding carboxylic acids is 1. The average molecular weight is 220 g/mol. The number of rotatable bonds is 2. The number of amides is 1. The van der Waals surface area contributed by atoms with Crippen molar-refractivity contribution in [3.63, 3.8) is 0 Å². The topological polar surface area (TPSA) is 29.5 Å². The number of nitrogens with zero attached hydrogens (tertiary/aromatic N) is 1. The molecule has 1 aliphatic heterocycles. The lowest BCUT2D eigenvalue weighted by Crippen LogP contribution is -2.50. The zero-order chi connectivity index (χ0) is 10.7. The summed E-state index contributed by atoms with van der Waals surface area (Å²) < 4.78 is 5.54. The van der Waals surface area contributed by atoms with Gasteiger partial charge in [-0.15, -0.1) is 11.6 Å². The van der Waals surface area contributed by atoms with Crippen LogP contribution in [0.1, 0.15) is 27.2 Å². The molecule has 82 valence electrons. The van der Waals surface area contributed by atoms with E-state index in [1.807, 2.05) is 20.8 Å². The lowest BCUT2D eigenvalue weighted by Gasteiger charge is -2.36. The molecule has 14 heavy (non-hydrogen) atoms. The predicted molar refractivity (Wildman–Crippen MR) is 56.5 cm³/mol. The quantitative estimate of drug-likeness (QED) is 0.661. The van der Waals surface area contributed by atoms with Gasteiger partial charge in [0.1, 0.15) is 5.38 Å². The molecule has 1 amide bonds. The molecular formula is C10H18ClNO2. The van der Waals surface area contributed by atoms with Crippen LogP contribution in [0.25, 0.3) is 0 Å². The maximum atomic E-state index is 11.8. The van der Waals surface area contributed by atoms with Gasteiger partial charge in [0.15, 0.2) is 0 Å². The third kappa shape index (κ3) is 2.85. The van der Waals surface area contributed by atoms with Gasteiger partial charge >= 0.3 is 0 Å². The summed E-state index contributed by atoms with van der Waals surface area (Å²) in [7, 11) is 0. The highest BCUT2D eigenvalue weighted by Gasteiger charge is 2.28. The van der Waals surface area contributed by atoms with Gasteiger partial charge in [-0.3, -0.25) is 4.79 Å². The van der Waals surface area contributed by atoms with Gasteiger partial charge in [0.25, 0.3) is 0 Å². The van der Waals surface area contributed by atoms with E-state index in [0.29, 0.717) is 19.5 Å². The number of halogens is 1. The molecule has 0 aliphatic carbocycles.